The predicted molar refractivity (Wildman–Crippen MR) is 108 cm³/mol. The van der Waals surface area contributed by atoms with Crippen LogP contribution in [-0.2, 0) is 11.2 Å². The maximum atomic E-state index is 12.8. The van der Waals surface area contributed by atoms with Gasteiger partial charge in [-0.05, 0) is 58.9 Å². The maximum absolute atomic E-state index is 12.8. The molecule has 0 saturated carbocycles. The second kappa shape index (κ2) is 7.35. The molecule has 5 nitrogen and oxygen atoms in total. The van der Waals surface area contributed by atoms with Gasteiger partial charge in [0.15, 0.2) is 5.76 Å². The van der Waals surface area contributed by atoms with E-state index < -0.39 is 11.9 Å². The molecule has 2 aromatic carbocycles. The van der Waals surface area contributed by atoms with Crippen LogP contribution in [-0.4, -0.2) is 17.9 Å². The molecule has 1 heterocycles. The zero-order chi connectivity index (χ0) is 19.7. The summed E-state index contributed by atoms with van der Waals surface area (Å²) < 4.78 is 5.11. The van der Waals surface area contributed by atoms with Gasteiger partial charge in [0, 0.05) is 5.69 Å². The average Bonchev–Trinajstić information content (AvgIpc) is 3.33. The van der Waals surface area contributed by atoms with Gasteiger partial charge in [-0.3, -0.25) is 9.59 Å². The minimum Gasteiger partial charge on any atom is -0.459 e. The number of carbonyl (C=O) groups excluding carboxylic acids is 2. The zero-order valence-electron chi connectivity index (χ0n) is 15.9. The molecule has 3 aromatic rings. The summed E-state index contributed by atoms with van der Waals surface area (Å²) in [4.78, 5) is 25.1. The van der Waals surface area contributed by atoms with Crippen LogP contribution in [0.5, 0.6) is 0 Å². The summed E-state index contributed by atoms with van der Waals surface area (Å²) in [7, 11) is 0. The number of rotatable bonds is 5. The Balaban J connectivity index is 1.52. The Morgan fingerprint density at radius 1 is 0.964 bits per heavy atom. The van der Waals surface area contributed by atoms with Crippen LogP contribution in [0.15, 0.2) is 65.3 Å². The molecule has 0 unspecified atom stereocenters. The molecule has 4 rings (SSSR count). The number of hydrogen-bond donors (Lipinski definition) is 2. The minimum absolute atomic E-state index is 0.0749. The van der Waals surface area contributed by atoms with Gasteiger partial charge in [0.2, 0.25) is 5.91 Å². The molecule has 0 saturated heterocycles. The molecule has 5 heteroatoms. The first-order valence-electron chi connectivity index (χ1n) is 9.39. The van der Waals surface area contributed by atoms with Crippen molar-refractivity contribution in [2.75, 3.05) is 5.32 Å². The van der Waals surface area contributed by atoms with E-state index >= 15 is 0 Å². The van der Waals surface area contributed by atoms with Crippen molar-refractivity contribution in [3.8, 4) is 11.1 Å². The molecule has 2 N–H and O–H groups in total. The molecule has 0 radical (unpaired) electrons. The predicted octanol–water partition coefficient (Wildman–Crippen LogP) is 4.24. The monoisotopic (exact) mass is 374 g/mol. The van der Waals surface area contributed by atoms with Crippen molar-refractivity contribution in [3.05, 3.63) is 77.7 Å². The molecule has 28 heavy (non-hydrogen) atoms. The van der Waals surface area contributed by atoms with Crippen LogP contribution in [0.1, 0.15) is 35.5 Å². The first-order valence-corrected chi connectivity index (χ1v) is 9.39. The van der Waals surface area contributed by atoms with Crippen LogP contribution in [0.3, 0.4) is 0 Å². The largest absolute Gasteiger partial charge is 0.459 e. The highest BCUT2D eigenvalue weighted by Crippen LogP contribution is 2.37. The molecule has 142 valence electrons. The van der Waals surface area contributed by atoms with Gasteiger partial charge in [0.1, 0.15) is 6.04 Å². The van der Waals surface area contributed by atoms with E-state index in [0.717, 1.165) is 17.7 Å². The van der Waals surface area contributed by atoms with Crippen molar-refractivity contribution < 1.29 is 14.0 Å². The Morgan fingerprint density at radius 3 is 2.50 bits per heavy atom. The van der Waals surface area contributed by atoms with E-state index in [-0.39, 0.29) is 17.6 Å². The lowest BCUT2D eigenvalue weighted by Crippen LogP contribution is -2.47. The van der Waals surface area contributed by atoms with Crippen LogP contribution < -0.4 is 10.6 Å². The van der Waals surface area contributed by atoms with Crippen molar-refractivity contribution in [2.45, 2.75) is 26.3 Å². The SMILES string of the molecule is CC(C)[C@H](NC(=O)c1ccco1)C(=O)Nc1ccc2c(c1)-c1ccccc1C2. The van der Waals surface area contributed by atoms with Gasteiger partial charge in [-0.15, -0.1) is 0 Å². The van der Waals surface area contributed by atoms with Crippen molar-refractivity contribution in [1.82, 2.24) is 5.32 Å². The van der Waals surface area contributed by atoms with E-state index in [9.17, 15) is 9.59 Å². The number of benzene rings is 2. The molecular weight excluding hydrogens is 352 g/mol. The van der Waals surface area contributed by atoms with Crippen LogP contribution in [0.4, 0.5) is 5.69 Å². The van der Waals surface area contributed by atoms with Gasteiger partial charge < -0.3 is 15.1 Å². The third kappa shape index (κ3) is 3.43. The van der Waals surface area contributed by atoms with Crippen molar-refractivity contribution in [3.63, 3.8) is 0 Å². The molecule has 1 aliphatic rings. The van der Waals surface area contributed by atoms with Crippen LogP contribution >= 0.6 is 0 Å². The highest BCUT2D eigenvalue weighted by molar-refractivity contribution is 6.00. The summed E-state index contributed by atoms with van der Waals surface area (Å²) in [6, 6.07) is 16.8. The lowest BCUT2D eigenvalue weighted by molar-refractivity contribution is -0.118. The lowest BCUT2D eigenvalue weighted by atomic mass is 10.0. The van der Waals surface area contributed by atoms with Crippen molar-refractivity contribution in [1.29, 1.82) is 0 Å². The van der Waals surface area contributed by atoms with E-state index in [1.807, 2.05) is 38.1 Å². The Morgan fingerprint density at radius 2 is 1.75 bits per heavy atom. The van der Waals surface area contributed by atoms with Gasteiger partial charge in [-0.1, -0.05) is 44.2 Å². The van der Waals surface area contributed by atoms with Crippen molar-refractivity contribution in [2.24, 2.45) is 5.92 Å². The number of hydrogen-bond acceptors (Lipinski definition) is 3. The van der Waals surface area contributed by atoms with E-state index in [4.69, 9.17) is 4.42 Å². The Labute approximate surface area is 163 Å². The summed E-state index contributed by atoms with van der Waals surface area (Å²) in [6.45, 7) is 3.79. The number of anilines is 1. The molecule has 1 aromatic heterocycles. The zero-order valence-corrected chi connectivity index (χ0v) is 15.9. The average molecular weight is 374 g/mol. The molecule has 1 atom stereocenters. The third-order valence-corrected chi connectivity index (χ3v) is 5.05. The molecule has 2 amide bonds. The van der Waals surface area contributed by atoms with E-state index in [2.05, 4.69) is 28.8 Å². The molecule has 0 spiro atoms. The Kier molecular flexibility index (Phi) is 4.74. The first-order chi connectivity index (χ1) is 13.5. The molecule has 0 fully saturated rings. The minimum atomic E-state index is -0.668. The molecule has 0 bridgehead atoms. The fourth-order valence-electron chi connectivity index (χ4n) is 3.58. The number of furan rings is 1. The summed E-state index contributed by atoms with van der Waals surface area (Å²) in [5, 5.41) is 5.71. The second-order valence-corrected chi connectivity index (χ2v) is 7.37. The van der Waals surface area contributed by atoms with E-state index in [1.165, 1.54) is 23.0 Å². The highest BCUT2D eigenvalue weighted by Gasteiger charge is 2.26. The van der Waals surface area contributed by atoms with Gasteiger partial charge in [0.05, 0.1) is 6.26 Å². The fourth-order valence-corrected chi connectivity index (χ4v) is 3.58. The lowest BCUT2D eigenvalue weighted by Gasteiger charge is -2.21. The number of amides is 2. The number of nitrogens with one attached hydrogen (secondary N) is 2. The smallest absolute Gasteiger partial charge is 0.287 e. The quantitative estimate of drug-likeness (QED) is 0.549. The standard InChI is InChI=1S/C23H22N2O3/c1-14(2)21(25-22(26)20-8-5-11-28-20)23(27)24-17-10-9-16-12-15-6-3-4-7-18(15)19(16)13-17/h3-11,13-14,21H,12H2,1-2H3,(H,24,27)(H,25,26)/t21-/m0/s1. The summed E-state index contributed by atoms with van der Waals surface area (Å²) in [6.07, 6.45) is 2.34. The van der Waals surface area contributed by atoms with Crippen LogP contribution in [0.25, 0.3) is 11.1 Å². The summed E-state index contributed by atoms with van der Waals surface area (Å²) >= 11 is 0. The Bertz CT molecular complexity index is 1020. The molecule has 1 aliphatic carbocycles. The van der Waals surface area contributed by atoms with Gasteiger partial charge in [0.25, 0.3) is 5.91 Å². The van der Waals surface area contributed by atoms with E-state index in [1.54, 1.807) is 12.1 Å². The summed E-state index contributed by atoms with van der Waals surface area (Å²) in [5.41, 5.74) is 5.63. The van der Waals surface area contributed by atoms with Crippen molar-refractivity contribution >= 4 is 17.5 Å². The first kappa shape index (κ1) is 18.0. The normalized spacial score (nSPS) is 13.0. The van der Waals surface area contributed by atoms with Gasteiger partial charge in [-0.2, -0.15) is 0 Å². The molecular formula is C23H22N2O3. The topological polar surface area (TPSA) is 71.3 Å². The second-order valence-electron chi connectivity index (χ2n) is 7.37. The Hall–Kier alpha value is -3.34. The number of carbonyl (C=O) groups is 2. The third-order valence-electron chi connectivity index (χ3n) is 5.05. The van der Waals surface area contributed by atoms with Gasteiger partial charge >= 0.3 is 0 Å². The molecule has 0 aliphatic heterocycles. The summed E-state index contributed by atoms with van der Waals surface area (Å²) in [5.74, 6) is -0.537. The van der Waals surface area contributed by atoms with Gasteiger partial charge in [-0.25, -0.2) is 0 Å². The highest BCUT2D eigenvalue weighted by atomic mass is 16.3. The number of fused-ring (bicyclic) bond motifs is 3. The maximum Gasteiger partial charge on any atom is 0.287 e. The van der Waals surface area contributed by atoms with Crippen LogP contribution in [0.2, 0.25) is 0 Å². The van der Waals surface area contributed by atoms with Crippen LogP contribution in [0, 0.1) is 5.92 Å². The fraction of sp³-hybridized carbons (Fsp3) is 0.217. The van der Waals surface area contributed by atoms with E-state index in [0.29, 0.717) is 0 Å².